The Morgan fingerprint density at radius 1 is 1.08 bits per heavy atom. The molecule has 0 atom stereocenters. The van der Waals surface area contributed by atoms with Crippen LogP contribution in [0.25, 0.3) is 6.08 Å². The van der Waals surface area contributed by atoms with Gasteiger partial charge in [0, 0.05) is 15.7 Å². The lowest BCUT2D eigenvalue weighted by Crippen LogP contribution is -2.36. The molecule has 0 radical (unpaired) electrons. The number of hydrogen-bond acceptors (Lipinski definition) is 6. The first-order valence-electron chi connectivity index (χ1n) is 11.8. The number of thioether (sulfide) groups is 1. The molecule has 1 aliphatic rings. The van der Waals surface area contributed by atoms with E-state index in [-0.39, 0.29) is 4.91 Å². The highest BCUT2D eigenvalue weighted by atomic mass is 79.9. The second-order valence-electron chi connectivity index (χ2n) is 8.46. The van der Waals surface area contributed by atoms with E-state index in [4.69, 9.17) is 32.7 Å². The van der Waals surface area contributed by atoms with Crippen molar-refractivity contribution in [2.75, 3.05) is 18.5 Å². The van der Waals surface area contributed by atoms with Crippen LogP contribution in [0.5, 0.6) is 11.5 Å². The van der Waals surface area contributed by atoms with E-state index in [2.05, 4.69) is 21.2 Å². The molecule has 3 amide bonds. The van der Waals surface area contributed by atoms with Gasteiger partial charge < -0.3 is 14.8 Å². The van der Waals surface area contributed by atoms with Crippen molar-refractivity contribution >= 4 is 79.7 Å². The van der Waals surface area contributed by atoms with Gasteiger partial charge in [0.25, 0.3) is 11.1 Å². The maximum Gasteiger partial charge on any atom is 0.294 e. The lowest BCUT2D eigenvalue weighted by molar-refractivity contribution is -0.127. The van der Waals surface area contributed by atoms with Gasteiger partial charge in [-0.2, -0.15) is 0 Å². The highest BCUT2D eigenvalue weighted by Gasteiger charge is 2.36. The van der Waals surface area contributed by atoms with Crippen molar-refractivity contribution in [2.24, 2.45) is 0 Å². The Morgan fingerprint density at radius 2 is 1.82 bits per heavy atom. The lowest BCUT2D eigenvalue weighted by Gasteiger charge is -2.15. The summed E-state index contributed by atoms with van der Waals surface area (Å²) in [5.41, 5.74) is 2.89. The van der Waals surface area contributed by atoms with Crippen molar-refractivity contribution in [1.82, 2.24) is 4.90 Å². The minimum atomic E-state index is -0.556. The van der Waals surface area contributed by atoms with E-state index in [0.29, 0.717) is 50.5 Å². The number of anilines is 1. The normalized spacial score (nSPS) is 14.2. The number of halogens is 3. The predicted molar refractivity (Wildman–Crippen MR) is 159 cm³/mol. The Hall–Kier alpha value is -2.98. The molecule has 11 heteroatoms. The number of rotatable bonds is 9. The minimum Gasteiger partial charge on any atom is -0.490 e. The Balaban J connectivity index is 1.48. The van der Waals surface area contributed by atoms with Crippen molar-refractivity contribution in [3.05, 3.63) is 90.7 Å². The number of imide groups is 1. The summed E-state index contributed by atoms with van der Waals surface area (Å²) in [6, 6.07) is 15.9. The molecule has 1 saturated heterocycles. The number of nitrogens with one attached hydrogen (secondary N) is 1. The maximum absolute atomic E-state index is 13.0. The molecule has 1 fully saturated rings. The highest BCUT2D eigenvalue weighted by Crippen LogP contribution is 2.40. The predicted octanol–water partition coefficient (Wildman–Crippen LogP) is 7.72. The first kappa shape index (κ1) is 29.0. The zero-order valence-electron chi connectivity index (χ0n) is 20.9. The molecular weight excluding hydrogens is 627 g/mol. The second-order valence-corrected chi connectivity index (χ2v) is 11.1. The van der Waals surface area contributed by atoms with Crippen molar-refractivity contribution in [3.8, 4) is 11.5 Å². The molecule has 39 heavy (non-hydrogen) atoms. The summed E-state index contributed by atoms with van der Waals surface area (Å²) in [5, 5.41) is 3.27. The van der Waals surface area contributed by atoms with E-state index in [1.165, 1.54) is 0 Å². The molecule has 0 aromatic heterocycles. The topological polar surface area (TPSA) is 84.9 Å². The highest BCUT2D eigenvalue weighted by molar-refractivity contribution is 9.10. The van der Waals surface area contributed by atoms with E-state index in [0.717, 1.165) is 27.8 Å². The third-order valence-electron chi connectivity index (χ3n) is 5.56. The summed E-state index contributed by atoms with van der Waals surface area (Å²) in [7, 11) is 0. The van der Waals surface area contributed by atoms with Crippen LogP contribution in [0.3, 0.4) is 0 Å². The fourth-order valence-electron chi connectivity index (χ4n) is 3.61. The lowest BCUT2D eigenvalue weighted by atomic mass is 10.1. The van der Waals surface area contributed by atoms with Gasteiger partial charge in [-0.25, -0.2) is 0 Å². The van der Waals surface area contributed by atoms with Crippen LogP contribution in [0.1, 0.15) is 23.6 Å². The smallest absolute Gasteiger partial charge is 0.294 e. The molecule has 3 aromatic rings. The van der Waals surface area contributed by atoms with E-state index in [9.17, 15) is 14.4 Å². The molecule has 4 rings (SSSR count). The summed E-state index contributed by atoms with van der Waals surface area (Å²) >= 11 is 16.4. The monoisotopic (exact) mass is 648 g/mol. The van der Waals surface area contributed by atoms with Crippen molar-refractivity contribution in [2.45, 2.75) is 20.5 Å². The summed E-state index contributed by atoms with van der Waals surface area (Å²) < 4.78 is 12.4. The van der Waals surface area contributed by atoms with Gasteiger partial charge in [0.05, 0.1) is 16.0 Å². The van der Waals surface area contributed by atoms with Gasteiger partial charge in [-0.15, -0.1) is 0 Å². The van der Waals surface area contributed by atoms with Gasteiger partial charge >= 0.3 is 0 Å². The van der Waals surface area contributed by atoms with Crippen molar-refractivity contribution in [1.29, 1.82) is 0 Å². The van der Waals surface area contributed by atoms with Gasteiger partial charge in [0.2, 0.25) is 5.91 Å². The molecule has 7 nitrogen and oxygen atoms in total. The van der Waals surface area contributed by atoms with Crippen LogP contribution in [0, 0.1) is 6.92 Å². The number of aryl methyl sites for hydroxylation is 1. The van der Waals surface area contributed by atoms with Crippen LogP contribution in [0.4, 0.5) is 10.5 Å². The first-order valence-corrected chi connectivity index (χ1v) is 14.2. The van der Waals surface area contributed by atoms with Gasteiger partial charge in [0.15, 0.2) is 11.5 Å². The zero-order chi connectivity index (χ0) is 28.1. The summed E-state index contributed by atoms with van der Waals surface area (Å²) in [6.07, 6.45) is 1.58. The average Bonchev–Trinajstić information content (AvgIpc) is 3.14. The number of nitrogens with zero attached hydrogens (tertiary/aromatic N) is 1. The average molecular weight is 650 g/mol. The molecule has 0 saturated carbocycles. The number of hydrogen-bond donors (Lipinski definition) is 1. The number of amides is 3. The van der Waals surface area contributed by atoms with Gasteiger partial charge in [-0.3, -0.25) is 19.3 Å². The Kier molecular flexibility index (Phi) is 9.61. The van der Waals surface area contributed by atoms with Gasteiger partial charge in [-0.05, 0) is 101 Å². The quantitative estimate of drug-likeness (QED) is 0.239. The van der Waals surface area contributed by atoms with Crippen LogP contribution in [-0.2, 0) is 16.2 Å². The molecule has 1 N–H and O–H groups in total. The number of ether oxygens (including phenoxy) is 2. The summed E-state index contributed by atoms with van der Waals surface area (Å²) in [5.74, 6) is -0.0892. The Morgan fingerprint density at radius 3 is 2.51 bits per heavy atom. The van der Waals surface area contributed by atoms with Gasteiger partial charge in [0.1, 0.15) is 13.2 Å². The maximum atomic E-state index is 13.0. The number of carbonyl (C=O) groups is 3. The molecular formula is C28H23BrCl2N2O5S. The second kappa shape index (κ2) is 12.9. The van der Waals surface area contributed by atoms with E-state index >= 15 is 0 Å². The third kappa shape index (κ3) is 7.36. The Labute approximate surface area is 248 Å². The number of benzene rings is 3. The first-order chi connectivity index (χ1) is 18.6. The fraction of sp³-hybridized carbons (Fsp3) is 0.179. The standard InChI is InChI=1S/C28H23BrCl2N2O5S/c1-3-37-23-11-18(10-21(29)26(23)38-15-17-5-7-19(30)8-6-17)12-24-27(35)33(28(36)39-24)14-25(34)32-20-9-4-16(2)22(31)13-20/h4-13H,3,14-15H2,1-2H3,(H,32,34)/b24-12+. The molecule has 0 aliphatic carbocycles. The molecule has 202 valence electrons. The van der Waals surface area contributed by atoms with Crippen LogP contribution in [0.2, 0.25) is 10.0 Å². The molecule has 1 heterocycles. The molecule has 0 unspecified atom stereocenters. The summed E-state index contributed by atoms with van der Waals surface area (Å²) in [6.45, 7) is 3.97. The summed E-state index contributed by atoms with van der Waals surface area (Å²) in [4.78, 5) is 39.2. The van der Waals surface area contributed by atoms with Crippen LogP contribution >= 0.6 is 50.9 Å². The minimum absolute atomic E-state index is 0.190. The van der Waals surface area contributed by atoms with Crippen molar-refractivity contribution < 1.29 is 23.9 Å². The third-order valence-corrected chi connectivity index (χ3v) is 7.71. The largest absolute Gasteiger partial charge is 0.490 e. The number of carbonyl (C=O) groups excluding carboxylic acids is 3. The van der Waals surface area contributed by atoms with Crippen LogP contribution in [0.15, 0.2) is 64.0 Å². The van der Waals surface area contributed by atoms with Crippen molar-refractivity contribution in [3.63, 3.8) is 0 Å². The SMILES string of the molecule is CCOc1cc(/C=C2/SC(=O)N(CC(=O)Nc3ccc(C)c(Cl)c3)C2=O)cc(Br)c1OCc1ccc(Cl)cc1. The van der Waals surface area contributed by atoms with Crippen LogP contribution < -0.4 is 14.8 Å². The Bertz CT molecular complexity index is 1460. The zero-order valence-corrected chi connectivity index (χ0v) is 24.8. The van der Waals surface area contributed by atoms with E-state index in [1.54, 1.807) is 48.5 Å². The molecule has 0 spiro atoms. The van der Waals surface area contributed by atoms with E-state index < -0.39 is 23.6 Å². The van der Waals surface area contributed by atoms with Gasteiger partial charge in [-0.1, -0.05) is 41.4 Å². The molecule has 0 bridgehead atoms. The molecule has 3 aromatic carbocycles. The van der Waals surface area contributed by atoms with Crippen LogP contribution in [-0.4, -0.2) is 35.1 Å². The van der Waals surface area contributed by atoms with E-state index in [1.807, 2.05) is 26.0 Å². The fourth-order valence-corrected chi connectivity index (χ4v) is 5.33. The molecule has 1 aliphatic heterocycles.